The van der Waals surface area contributed by atoms with Crippen molar-refractivity contribution in [3.8, 4) is 17.2 Å². The Kier molecular flexibility index (Phi) is 6.16. The lowest BCUT2D eigenvalue weighted by molar-refractivity contribution is 0.410. The smallest absolute Gasteiger partial charge is 0.191 e. The molecule has 3 rings (SSSR count). The minimum Gasteiger partial charge on any atom is -0.508 e. The molecule has 0 radical (unpaired) electrons. The van der Waals surface area contributed by atoms with Crippen molar-refractivity contribution in [2.45, 2.75) is 19.5 Å². The van der Waals surface area contributed by atoms with E-state index >= 15 is 0 Å². The molecule has 1 aromatic heterocycles. The number of phenolic OH excluding ortho intramolecular Hbond substituents is 1. The molecule has 0 spiro atoms. The van der Waals surface area contributed by atoms with Gasteiger partial charge in [0.2, 0.25) is 0 Å². The third kappa shape index (κ3) is 4.62. The second-order valence-corrected chi connectivity index (χ2v) is 6.33. The SMILES string of the molecule is CN=C(NCc1cc(OC)ccc1O)NC(C)c1cccc(-n2cccn2)c1. The van der Waals surface area contributed by atoms with Crippen molar-refractivity contribution in [1.82, 2.24) is 20.4 Å². The van der Waals surface area contributed by atoms with Crippen molar-refractivity contribution in [1.29, 1.82) is 0 Å². The molecule has 0 saturated carbocycles. The maximum Gasteiger partial charge on any atom is 0.191 e. The van der Waals surface area contributed by atoms with Crippen molar-refractivity contribution >= 4 is 5.96 Å². The predicted octanol–water partition coefficient (Wildman–Crippen LogP) is 3.01. The molecule has 2 aromatic carbocycles. The highest BCUT2D eigenvalue weighted by Crippen LogP contribution is 2.22. The van der Waals surface area contributed by atoms with Gasteiger partial charge in [0.05, 0.1) is 18.8 Å². The average molecular weight is 379 g/mol. The van der Waals surface area contributed by atoms with Gasteiger partial charge in [0.15, 0.2) is 5.96 Å². The monoisotopic (exact) mass is 379 g/mol. The number of benzene rings is 2. The summed E-state index contributed by atoms with van der Waals surface area (Å²) < 4.78 is 7.04. The van der Waals surface area contributed by atoms with E-state index in [4.69, 9.17) is 4.74 Å². The summed E-state index contributed by atoms with van der Waals surface area (Å²) in [6.45, 7) is 2.49. The van der Waals surface area contributed by atoms with E-state index in [0.29, 0.717) is 18.3 Å². The van der Waals surface area contributed by atoms with E-state index in [2.05, 4.69) is 39.8 Å². The standard InChI is InChI=1S/C21H25N5O2/c1-15(16-6-4-7-18(12-16)26-11-5-10-24-26)25-21(22-2)23-14-17-13-19(28-3)8-9-20(17)27/h4-13,15,27H,14H2,1-3H3,(H2,22,23,25). The number of nitrogens with one attached hydrogen (secondary N) is 2. The molecule has 1 unspecified atom stereocenters. The van der Waals surface area contributed by atoms with Gasteiger partial charge in [-0.25, -0.2) is 4.68 Å². The summed E-state index contributed by atoms with van der Waals surface area (Å²) in [5.41, 5.74) is 2.84. The molecule has 146 valence electrons. The zero-order chi connectivity index (χ0) is 19.9. The Hall–Kier alpha value is -3.48. The number of methoxy groups -OCH3 is 1. The minimum atomic E-state index is 0.0284. The zero-order valence-corrected chi connectivity index (χ0v) is 16.3. The van der Waals surface area contributed by atoms with Crippen LogP contribution in [0.4, 0.5) is 0 Å². The maximum absolute atomic E-state index is 10.0. The normalized spacial score (nSPS) is 12.5. The number of hydrogen-bond acceptors (Lipinski definition) is 4. The topological polar surface area (TPSA) is 83.7 Å². The summed E-state index contributed by atoms with van der Waals surface area (Å²) in [6.07, 6.45) is 3.67. The summed E-state index contributed by atoms with van der Waals surface area (Å²) in [5.74, 6) is 1.55. The van der Waals surface area contributed by atoms with Crippen LogP contribution < -0.4 is 15.4 Å². The Morgan fingerprint density at radius 2 is 2.11 bits per heavy atom. The molecule has 0 aliphatic carbocycles. The van der Waals surface area contributed by atoms with Crippen LogP contribution in [0.1, 0.15) is 24.1 Å². The van der Waals surface area contributed by atoms with Gasteiger partial charge in [-0.2, -0.15) is 5.10 Å². The highest BCUT2D eigenvalue weighted by atomic mass is 16.5. The van der Waals surface area contributed by atoms with Gasteiger partial charge in [-0.1, -0.05) is 12.1 Å². The number of aliphatic imine (C=N–C) groups is 1. The number of nitrogens with zero attached hydrogens (tertiary/aromatic N) is 3. The second-order valence-electron chi connectivity index (χ2n) is 6.33. The molecule has 3 N–H and O–H groups in total. The summed E-state index contributed by atoms with van der Waals surface area (Å²) in [4.78, 5) is 4.28. The zero-order valence-electron chi connectivity index (χ0n) is 16.3. The first-order valence-electron chi connectivity index (χ1n) is 9.03. The van der Waals surface area contributed by atoms with Crippen molar-refractivity contribution in [3.05, 3.63) is 72.1 Å². The van der Waals surface area contributed by atoms with Crippen LogP contribution in [0.15, 0.2) is 65.9 Å². The highest BCUT2D eigenvalue weighted by molar-refractivity contribution is 5.80. The summed E-state index contributed by atoms with van der Waals surface area (Å²) in [6, 6.07) is 15.2. The third-order valence-electron chi connectivity index (χ3n) is 4.45. The Labute approximate surface area is 164 Å². The fourth-order valence-electron chi connectivity index (χ4n) is 2.85. The van der Waals surface area contributed by atoms with Gasteiger partial charge in [-0.3, -0.25) is 4.99 Å². The van der Waals surface area contributed by atoms with Crippen LogP contribution in [-0.4, -0.2) is 35.0 Å². The molecule has 7 heteroatoms. The van der Waals surface area contributed by atoms with E-state index in [1.165, 1.54) is 0 Å². The average Bonchev–Trinajstić information content (AvgIpc) is 3.27. The largest absolute Gasteiger partial charge is 0.508 e. The fraction of sp³-hybridized carbons (Fsp3) is 0.238. The Morgan fingerprint density at radius 3 is 2.82 bits per heavy atom. The van der Waals surface area contributed by atoms with Crippen molar-refractivity contribution in [3.63, 3.8) is 0 Å². The first-order chi connectivity index (χ1) is 13.6. The minimum absolute atomic E-state index is 0.0284. The van der Waals surface area contributed by atoms with E-state index in [0.717, 1.165) is 16.8 Å². The number of ether oxygens (including phenoxy) is 1. The number of guanidine groups is 1. The first kappa shape index (κ1) is 19.3. The molecule has 0 fully saturated rings. The number of hydrogen-bond donors (Lipinski definition) is 3. The fourth-order valence-corrected chi connectivity index (χ4v) is 2.85. The quantitative estimate of drug-likeness (QED) is 0.453. The molecular weight excluding hydrogens is 354 g/mol. The molecule has 0 saturated heterocycles. The number of aromatic nitrogens is 2. The molecule has 0 aliphatic heterocycles. The molecule has 28 heavy (non-hydrogen) atoms. The van der Waals surface area contributed by atoms with Gasteiger partial charge in [0.25, 0.3) is 0 Å². The summed E-state index contributed by atoms with van der Waals surface area (Å²) >= 11 is 0. The molecule has 0 amide bonds. The van der Waals surface area contributed by atoms with Crippen LogP contribution >= 0.6 is 0 Å². The van der Waals surface area contributed by atoms with Crippen LogP contribution in [0.2, 0.25) is 0 Å². The molecule has 7 nitrogen and oxygen atoms in total. The molecule has 1 heterocycles. The maximum atomic E-state index is 10.0. The van der Waals surface area contributed by atoms with Gasteiger partial charge >= 0.3 is 0 Å². The van der Waals surface area contributed by atoms with E-state index in [1.807, 2.05) is 29.1 Å². The second kappa shape index (κ2) is 8.94. The lowest BCUT2D eigenvalue weighted by Gasteiger charge is -2.19. The Bertz CT molecular complexity index is 938. The molecular formula is C21H25N5O2. The summed E-state index contributed by atoms with van der Waals surface area (Å²) in [7, 11) is 3.32. The van der Waals surface area contributed by atoms with Crippen LogP contribution in [0.5, 0.6) is 11.5 Å². The first-order valence-corrected chi connectivity index (χ1v) is 9.03. The molecule has 0 bridgehead atoms. The number of phenols is 1. The number of rotatable bonds is 6. The summed E-state index contributed by atoms with van der Waals surface area (Å²) in [5, 5.41) is 20.9. The van der Waals surface area contributed by atoms with Gasteiger partial charge in [-0.05, 0) is 48.9 Å². The lowest BCUT2D eigenvalue weighted by Crippen LogP contribution is -2.38. The molecule has 0 aliphatic rings. The van der Waals surface area contributed by atoms with Gasteiger partial charge in [-0.15, -0.1) is 0 Å². The van der Waals surface area contributed by atoms with Gasteiger partial charge in [0, 0.05) is 31.5 Å². The van der Waals surface area contributed by atoms with Crippen molar-refractivity contribution < 1.29 is 9.84 Å². The van der Waals surface area contributed by atoms with Crippen LogP contribution in [-0.2, 0) is 6.54 Å². The van der Waals surface area contributed by atoms with Crippen molar-refractivity contribution in [2.24, 2.45) is 4.99 Å². The lowest BCUT2D eigenvalue weighted by atomic mass is 10.1. The van der Waals surface area contributed by atoms with Crippen LogP contribution in [0.25, 0.3) is 5.69 Å². The van der Waals surface area contributed by atoms with E-state index in [9.17, 15) is 5.11 Å². The van der Waals surface area contributed by atoms with Gasteiger partial charge in [0.1, 0.15) is 11.5 Å². The van der Waals surface area contributed by atoms with Crippen LogP contribution in [0, 0.1) is 0 Å². The third-order valence-corrected chi connectivity index (χ3v) is 4.45. The van der Waals surface area contributed by atoms with Crippen LogP contribution in [0.3, 0.4) is 0 Å². The Morgan fingerprint density at radius 1 is 1.25 bits per heavy atom. The van der Waals surface area contributed by atoms with E-state index in [-0.39, 0.29) is 11.8 Å². The highest BCUT2D eigenvalue weighted by Gasteiger charge is 2.10. The molecule has 1 atom stereocenters. The van der Waals surface area contributed by atoms with Crippen molar-refractivity contribution in [2.75, 3.05) is 14.2 Å². The molecule has 3 aromatic rings. The van der Waals surface area contributed by atoms with E-state index in [1.54, 1.807) is 38.6 Å². The van der Waals surface area contributed by atoms with E-state index < -0.39 is 0 Å². The predicted molar refractivity (Wildman–Crippen MR) is 110 cm³/mol. The van der Waals surface area contributed by atoms with Gasteiger partial charge < -0.3 is 20.5 Å². The Balaban J connectivity index is 1.66. The number of aromatic hydroxyl groups is 1.